The van der Waals surface area contributed by atoms with E-state index in [1.54, 1.807) is 12.1 Å². The molecule has 6 nitrogen and oxygen atoms in total. The minimum atomic E-state index is 0.296. The van der Waals surface area contributed by atoms with Crippen LogP contribution in [-0.2, 0) is 13.0 Å². The average Bonchev–Trinajstić information content (AvgIpc) is 2.79. The van der Waals surface area contributed by atoms with Crippen molar-refractivity contribution in [3.63, 3.8) is 0 Å². The maximum Gasteiger partial charge on any atom is 0.224 e. The zero-order chi connectivity index (χ0) is 21.5. The smallest absolute Gasteiger partial charge is 0.224 e. The number of nitrogens with zero attached hydrogens (tertiary/aromatic N) is 3. The second-order valence-corrected chi connectivity index (χ2v) is 8.25. The fraction of sp³-hybridized carbons (Fsp3) is 0.360. The predicted octanol–water partition coefficient (Wildman–Crippen LogP) is 4.22. The first kappa shape index (κ1) is 21.1. The molecule has 0 unspecified atom stereocenters. The summed E-state index contributed by atoms with van der Waals surface area (Å²) in [6.07, 6.45) is 4.93. The second-order valence-electron chi connectivity index (χ2n) is 8.25. The van der Waals surface area contributed by atoms with Crippen molar-refractivity contribution in [3.05, 3.63) is 77.5 Å². The van der Waals surface area contributed by atoms with Crippen LogP contribution in [0.1, 0.15) is 29.5 Å². The van der Waals surface area contributed by atoms with Crippen molar-refractivity contribution in [2.24, 2.45) is 0 Å². The molecule has 0 atom stereocenters. The summed E-state index contributed by atoms with van der Waals surface area (Å²) in [5.74, 6) is 1.86. The van der Waals surface area contributed by atoms with Crippen LogP contribution in [0.4, 0.5) is 11.8 Å². The number of hydrogen-bond donors (Lipinski definition) is 3. The molecular formula is C25H31N5O. The van der Waals surface area contributed by atoms with E-state index in [0.29, 0.717) is 17.7 Å². The number of hydrogen-bond acceptors (Lipinski definition) is 6. The molecule has 1 aromatic heterocycles. The molecule has 31 heavy (non-hydrogen) atoms. The van der Waals surface area contributed by atoms with Crippen LogP contribution in [-0.4, -0.2) is 45.7 Å². The molecule has 0 saturated carbocycles. The van der Waals surface area contributed by atoms with E-state index in [9.17, 15) is 5.11 Å². The summed E-state index contributed by atoms with van der Waals surface area (Å²) in [5, 5.41) is 16.4. The third kappa shape index (κ3) is 6.18. The molecule has 1 fully saturated rings. The zero-order valence-electron chi connectivity index (χ0n) is 18.1. The van der Waals surface area contributed by atoms with Crippen molar-refractivity contribution in [1.29, 1.82) is 0 Å². The number of phenols is 1. The fourth-order valence-electron chi connectivity index (χ4n) is 3.94. The molecule has 0 radical (unpaired) electrons. The van der Waals surface area contributed by atoms with Crippen LogP contribution in [0.5, 0.6) is 5.75 Å². The van der Waals surface area contributed by atoms with E-state index in [0.717, 1.165) is 56.8 Å². The molecule has 0 aliphatic carbocycles. The summed E-state index contributed by atoms with van der Waals surface area (Å²) in [7, 11) is 0. The van der Waals surface area contributed by atoms with E-state index in [4.69, 9.17) is 4.98 Å². The van der Waals surface area contributed by atoms with Crippen molar-refractivity contribution in [1.82, 2.24) is 14.9 Å². The summed E-state index contributed by atoms with van der Waals surface area (Å²) < 4.78 is 0. The zero-order valence-corrected chi connectivity index (χ0v) is 18.1. The number of aromatic nitrogens is 2. The van der Waals surface area contributed by atoms with E-state index in [1.165, 1.54) is 11.1 Å². The molecule has 3 aromatic rings. The highest BCUT2D eigenvalue weighted by molar-refractivity contribution is 5.46. The Morgan fingerprint density at radius 2 is 1.74 bits per heavy atom. The van der Waals surface area contributed by atoms with Crippen LogP contribution < -0.4 is 10.6 Å². The third-order valence-electron chi connectivity index (χ3n) is 5.78. The van der Waals surface area contributed by atoms with E-state index < -0.39 is 0 Å². The van der Waals surface area contributed by atoms with Crippen LogP contribution in [0.2, 0.25) is 0 Å². The molecule has 1 aliphatic rings. The van der Waals surface area contributed by atoms with Crippen molar-refractivity contribution in [2.75, 3.05) is 30.3 Å². The molecule has 4 rings (SSSR count). The van der Waals surface area contributed by atoms with Gasteiger partial charge in [-0.1, -0.05) is 42.5 Å². The van der Waals surface area contributed by atoms with Gasteiger partial charge in [0.05, 0.1) is 0 Å². The molecule has 0 spiro atoms. The standard InChI is InChI=1S/C25H31N5O/c1-19-17-27-25(29-24(19)26-14-11-20-7-9-23(31)10-8-20)28-22-12-15-30(16-13-22)18-21-5-3-2-4-6-21/h2-10,17,22,31H,11-16,18H2,1H3,(H2,26,27,28,29). The largest absolute Gasteiger partial charge is 0.508 e. The number of aromatic hydroxyl groups is 1. The van der Waals surface area contributed by atoms with Crippen molar-refractivity contribution < 1.29 is 5.11 Å². The highest BCUT2D eigenvalue weighted by atomic mass is 16.3. The van der Waals surface area contributed by atoms with E-state index in [2.05, 4.69) is 50.8 Å². The molecule has 3 N–H and O–H groups in total. The Hall–Kier alpha value is -3.12. The average molecular weight is 418 g/mol. The summed E-state index contributed by atoms with van der Waals surface area (Å²) >= 11 is 0. The van der Waals surface area contributed by atoms with Gasteiger partial charge in [0.2, 0.25) is 5.95 Å². The molecule has 0 bridgehead atoms. The molecule has 162 valence electrons. The van der Waals surface area contributed by atoms with Gasteiger partial charge in [0.1, 0.15) is 11.6 Å². The maximum absolute atomic E-state index is 9.40. The number of rotatable bonds is 8. The lowest BCUT2D eigenvalue weighted by molar-refractivity contribution is 0.211. The van der Waals surface area contributed by atoms with Gasteiger partial charge in [-0.25, -0.2) is 4.98 Å². The molecule has 2 aromatic carbocycles. The maximum atomic E-state index is 9.40. The minimum Gasteiger partial charge on any atom is -0.508 e. The number of benzene rings is 2. The van der Waals surface area contributed by atoms with Gasteiger partial charge in [-0.2, -0.15) is 4.98 Å². The fourth-order valence-corrected chi connectivity index (χ4v) is 3.94. The first-order chi connectivity index (χ1) is 15.2. The lowest BCUT2D eigenvalue weighted by atomic mass is 10.0. The van der Waals surface area contributed by atoms with Crippen molar-refractivity contribution in [2.45, 2.75) is 38.8 Å². The highest BCUT2D eigenvalue weighted by Gasteiger charge is 2.20. The van der Waals surface area contributed by atoms with E-state index in [1.807, 2.05) is 25.3 Å². The minimum absolute atomic E-state index is 0.296. The monoisotopic (exact) mass is 417 g/mol. The predicted molar refractivity (Wildman–Crippen MR) is 125 cm³/mol. The van der Waals surface area contributed by atoms with Gasteiger partial charge in [-0.05, 0) is 49.4 Å². The van der Waals surface area contributed by atoms with Gasteiger partial charge in [-0.3, -0.25) is 4.90 Å². The Morgan fingerprint density at radius 3 is 2.48 bits per heavy atom. The van der Waals surface area contributed by atoms with Crippen LogP contribution >= 0.6 is 0 Å². The van der Waals surface area contributed by atoms with Gasteiger partial charge in [0, 0.05) is 44.0 Å². The molecule has 0 amide bonds. The highest BCUT2D eigenvalue weighted by Crippen LogP contribution is 2.19. The van der Waals surface area contributed by atoms with Crippen LogP contribution in [0, 0.1) is 6.92 Å². The first-order valence-electron chi connectivity index (χ1n) is 11.0. The Labute approximate surface area is 184 Å². The SMILES string of the molecule is Cc1cnc(NC2CCN(Cc3ccccc3)CC2)nc1NCCc1ccc(O)cc1. The molecule has 1 saturated heterocycles. The van der Waals surface area contributed by atoms with Gasteiger partial charge in [0.25, 0.3) is 0 Å². The number of phenolic OH excluding ortho intramolecular Hbond substituents is 1. The Bertz CT molecular complexity index is 953. The van der Waals surface area contributed by atoms with Crippen LogP contribution in [0.25, 0.3) is 0 Å². The summed E-state index contributed by atoms with van der Waals surface area (Å²) in [6, 6.07) is 18.4. The first-order valence-corrected chi connectivity index (χ1v) is 11.0. The van der Waals surface area contributed by atoms with Gasteiger partial charge in [-0.15, -0.1) is 0 Å². The molecule has 1 aliphatic heterocycles. The third-order valence-corrected chi connectivity index (χ3v) is 5.78. The van der Waals surface area contributed by atoms with Gasteiger partial charge in [0.15, 0.2) is 0 Å². The Morgan fingerprint density at radius 1 is 1.00 bits per heavy atom. The van der Waals surface area contributed by atoms with Crippen molar-refractivity contribution in [3.8, 4) is 5.75 Å². The molecule has 6 heteroatoms. The van der Waals surface area contributed by atoms with E-state index >= 15 is 0 Å². The van der Waals surface area contributed by atoms with Gasteiger partial charge < -0.3 is 15.7 Å². The number of likely N-dealkylation sites (tertiary alicyclic amines) is 1. The second kappa shape index (κ2) is 10.3. The lowest BCUT2D eigenvalue weighted by Crippen LogP contribution is -2.39. The van der Waals surface area contributed by atoms with E-state index in [-0.39, 0.29) is 0 Å². The lowest BCUT2D eigenvalue weighted by Gasteiger charge is -2.32. The number of aryl methyl sites for hydroxylation is 1. The van der Waals surface area contributed by atoms with Crippen LogP contribution in [0.15, 0.2) is 60.8 Å². The summed E-state index contributed by atoms with van der Waals surface area (Å²) in [4.78, 5) is 11.7. The van der Waals surface area contributed by atoms with Crippen molar-refractivity contribution >= 4 is 11.8 Å². The number of nitrogens with one attached hydrogen (secondary N) is 2. The Kier molecular flexibility index (Phi) is 6.99. The quantitative estimate of drug-likeness (QED) is 0.510. The molecule has 2 heterocycles. The topological polar surface area (TPSA) is 73.3 Å². The number of piperidine rings is 1. The van der Waals surface area contributed by atoms with Crippen LogP contribution in [0.3, 0.4) is 0 Å². The van der Waals surface area contributed by atoms with Gasteiger partial charge >= 0.3 is 0 Å². The molecular weight excluding hydrogens is 386 g/mol. The number of anilines is 2. The summed E-state index contributed by atoms with van der Waals surface area (Å²) in [5.41, 5.74) is 3.59. The Balaban J connectivity index is 1.26. The normalized spacial score (nSPS) is 15.0. The summed E-state index contributed by atoms with van der Waals surface area (Å²) in [6.45, 7) is 5.98.